The number of thiazole rings is 1. The second kappa shape index (κ2) is 13.6. The van der Waals surface area contributed by atoms with E-state index < -0.39 is 5.97 Å². The lowest BCUT2D eigenvalue weighted by atomic mass is 10.2. The van der Waals surface area contributed by atoms with E-state index >= 15 is 0 Å². The van der Waals surface area contributed by atoms with Crippen LogP contribution in [0.25, 0.3) is 0 Å². The molecule has 1 amide bonds. The molecule has 11 heteroatoms. The lowest BCUT2D eigenvalue weighted by molar-refractivity contribution is -0.142. The van der Waals surface area contributed by atoms with Gasteiger partial charge in [-0.25, -0.2) is 9.78 Å². The van der Waals surface area contributed by atoms with Gasteiger partial charge in [0.1, 0.15) is 5.75 Å². The van der Waals surface area contributed by atoms with Gasteiger partial charge >= 0.3 is 11.9 Å². The maximum atomic E-state index is 12.3. The summed E-state index contributed by atoms with van der Waals surface area (Å²) in [5.74, 6) is -0.640. The van der Waals surface area contributed by atoms with Gasteiger partial charge in [-0.3, -0.25) is 15.0 Å². The fourth-order valence-electron chi connectivity index (χ4n) is 2.92. The van der Waals surface area contributed by atoms with Crippen LogP contribution in [-0.4, -0.2) is 48.9 Å². The number of carbonyl (C=O) groups is 3. The monoisotopic (exact) mass is 510 g/mol. The van der Waals surface area contributed by atoms with Crippen LogP contribution in [0.2, 0.25) is 0 Å². The molecule has 2 N–H and O–H groups in total. The molecule has 0 atom stereocenters. The third kappa shape index (κ3) is 8.20. The summed E-state index contributed by atoms with van der Waals surface area (Å²) in [6, 6.07) is 13.5. The number of rotatable bonds is 12. The molecule has 0 saturated heterocycles. The van der Waals surface area contributed by atoms with Crippen molar-refractivity contribution in [1.29, 1.82) is 0 Å². The number of hydrogen-bond donors (Lipinski definition) is 2. The Morgan fingerprint density at radius 2 is 1.78 bits per heavy atom. The third-order valence-electron chi connectivity index (χ3n) is 4.50. The van der Waals surface area contributed by atoms with E-state index in [0.29, 0.717) is 46.6 Å². The zero-order valence-corrected chi connectivity index (χ0v) is 20.7. The number of ether oxygens (including phenoxy) is 3. The van der Waals surface area contributed by atoms with E-state index in [9.17, 15) is 14.4 Å². The van der Waals surface area contributed by atoms with E-state index in [0.717, 1.165) is 0 Å². The first kappa shape index (κ1) is 26.4. The molecule has 3 rings (SSSR count). The van der Waals surface area contributed by atoms with Crippen LogP contribution in [0.15, 0.2) is 59.0 Å². The Morgan fingerprint density at radius 3 is 2.53 bits per heavy atom. The number of amides is 1. The number of para-hydroxylation sites is 1. The lowest BCUT2D eigenvalue weighted by Crippen LogP contribution is -2.20. The van der Waals surface area contributed by atoms with Crippen LogP contribution in [-0.2, 0) is 25.5 Å². The number of hydrogen-bond acceptors (Lipinski definition) is 10. The van der Waals surface area contributed by atoms with Gasteiger partial charge in [0.2, 0.25) is 5.13 Å². The summed E-state index contributed by atoms with van der Waals surface area (Å²) in [5, 5.41) is 9.17. The van der Waals surface area contributed by atoms with E-state index in [4.69, 9.17) is 14.2 Å². The molecule has 0 aliphatic heterocycles. The summed E-state index contributed by atoms with van der Waals surface area (Å²) in [4.78, 5) is 39.9. The van der Waals surface area contributed by atoms with E-state index in [1.165, 1.54) is 11.3 Å². The van der Waals surface area contributed by atoms with E-state index in [1.807, 2.05) is 6.07 Å². The van der Waals surface area contributed by atoms with Gasteiger partial charge in [0.25, 0.3) is 5.91 Å². The summed E-state index contributed by atoms with van der Waals surface area (Å²) in [6.45, 7) is 3.88. The second-order valence-electron chi connectivity index (χ2n) is 7.17. The van der Waals surface area contributed by atoms with Crippen molar-refractivity contribution in [3.63, 3.8) is 0 Å². The number of anilines is 2. The van der Waals surface area contributed by atoms with Crippen LogP contribution in [0, 0.1) is 0 Å². The van der Waals surface area contributed by atoms with Gasteiger partial charge in [-0.2, -0.15) is 5.10 Å². The van der Waals surface area contributed by atoms with Crippen LogP contribution >= 0.6 is 11.3 Å². The van der Waals surface area contributed by atoms with Crippen LogP contribution in [0.3, 0.4) is 0 Å². The molecule has 10 nitrogen and oxygen atoms in total. The van der Waals surface area contributed by atoms with Gasteiger partial charge < -0.3 is 19.5 Å². The Morgan fingerprint density at radius 1 is 1.03 bits per heavy atom. The molecule has 0 aliphatic rings. The van der Waals surface area contributed by atoms with Gasteiger partial charge in [-0.15, -0.1) is 11.3 Å². The maximum absolute atomic E-state index is 12.3. The van der Waals surface area contributed by atoms with Gasteiger partial charge in [-0.1, -0.05) is 12.1 Å². The van der Waals surface area contributed by atoms with Crippen LogP contribution < -0.4 is 15.5 Å². The highest BCUT2D eigenvalue weighted by molar-refractivity contribution is 7.13. The summed E-state index contributed by atoms with van der Waals surface area (Å²) >= 11 is 1.32. The Labute approximate surface area is 212 Å². The third-order valence-corrected chi connectivity index (χ3v) is 5.30. The summed E-state index contributed by atoms with van der Waals surface area (Å²) in [7, 11) is 0. The Hall–Kier alpha value is -4.25. The lowest BCUT2D eigenvalue weighted by Gasteiger charge is -2.10. The number of nitrogens with one attached hydrogen (secondary N) is 2. The first-order valence-corrected chi connectivity index (χ1v) is 12.0. The number of carbonyl (C=O) groups excluding carboxylic acids is 3. The molecule has 0 saturated carbocycles. The Balaban J connectivity index is 1.51. The molecule has 2 aromatic carbocycles. The van der Waals surface area contributed by atoms with Gasteiger partial charge in [0, 0.05) is 16.6 Å². The number of hydrazone groups is 1. The maximum Gasteiger partial charge on any atom is 0.338 e. The highest BCUT2D eigenvalue weighted by Crippen LogP contribution is 2.18. The van der Waals surface area contributed by atoms with Crippen LogP contribution in [0.4, 0.5) is 10.8 Å². The molecule has 0 unspecified atom stereocenters. The molecule has 0 bridgehead atoms. The minimum atomic E-state index is -0.418. The highest BCUT2D eigenvalue weighted by Gasteiger charge is 2.10. The number of esters is 2. The normalized spacial score (nSPS) is 10.6. The molecule has 3 aromatic rings. The smallest absolute Gasteiger partial charge is 0.338 e. The Bertz CT molecular complexity index is 1210. The van der Waals surface area contributed by atoms with Crippen molar-refractivity contribution in [2.75, 3.05) is 30.6 Å². The SMILES string of the molecule is CCOC(=O)Cc1csc(NN=Cc2ccccc2OCC(=O)Nc2ccc(C(=O)OCC)cc2)n1. The standard InChI is InChI=1S/C25H26N4O6S/c1-3-33-23(31)13-20-16-36-25(28-20)29-26-14-18-7-5-6-8-21(18)35-15-22(30)27-19-11-9-17(10-12-19)24(32)34-4-2/h5-12,14,16H,3-4,13,15H2,1-2H3,(H,27,30)(H,28,29). The molecule has 1 aromatic heterocycles. The molecule has 1 heterocycles. The van der Waals surface area contributed by atoms with Crippen LogP contribution in [0.5, 0.6) is 5.75 Å². The molecule has 0 radical (unpaired) electrons. The van der Waals surface area contributed by atoms with Crippen molar-refractivity contribution in [1.82, 2.24) is 4.98 Å². The second-order valence-corrected chi connectivity index (χ2v) is 8.03. The molecular formula is C25H26N4O6S. The van der Waals surface area contributed by atoms with Gasteiger partial charge in [-0.05, 0) is 50.2 Å². The van der Waals surface area contributed by atoms with Crippen LogP contribution in [0.1, 0.15) is 35.5 Å². The predicted molar refractivity (Wildman–Crippen MR) is 137 cm³/mol. The average molecular weight is 511 g/mol. The summed E-state index contributed by atoms with van der Waals surface area (Å²) < 4.78 is 15.5. The van der Waals surface area contributed by atoms with Crippen molar-refractivity contribution in [2.45, 2.75) is 20.3 Å². The number of nitrogens with zero attached hydrogens (tertiary/aromatic N) is 2. The first-order chi connectivity index (χ1) is 17.5. The van der Waals surface area contributed by atoms with Crippen molar-refractivity contribution < 1.29 is 28.6 Å². The van der Waals surface area contributed by atoms with Crippen molar-refractivity contribution in [3.8, 4) is 5.75 Å². The summed E-state index contributed by atoms with van der Waals surface area (Å²) in [6.07, 6.45) is 1.65. The summed E-state index contributed by atoms with van der Waals surface area (Å²) in [5.41, 5.74) is 5.00. The minimum Gasteiger partial charge on any atom is -0.483 e. The molecule has 0 fully saturated rings. The van der Waals surface area contributed by atoms with E-state index in [-0.39, 0.29) is 24.9 Å². The molecule has 36 heavy (non-hydrogen) atoms. The quantitative estimate of drug-likeness (QED) is 0.213. The largest absolute Gasteiger partial charge is 0.483 e. The Kier molecular flexibility index (Phi) is 9.95. The molecule has 0 aliphatic carbocycles. The van der Waals surface area contributed by atoms with E-state index in [2.05, 4.69) is 20.8 Å². The molecular weight excluding hydrogens is 484 g/mol. The minimum absolute atomic E-state index is 0.101. The number of aromatic nitrogens is 1. The average Bonchev–Trinajstić information content (AvgIpc) is 3.31. The fourth-order valence-corrected chi connectivity index (χ4v) is 3.58. The fraction of sp³-hybridized carbons (Fsp3) is 0.240. The highest BCUT2D eigenvalue weighted by atomic mass is 32.1. The topological polar surface area (TPSA) is 128 Å². The first-order valence-electron chi connectivity index (χ1n) is 11.2. The number of benzene rings is 2. The molecule has 0 spiro atoms. The zero-order chi connectivity index (χ0) is 25.8. The van der Waals surface area contributed by atoms with Crippen molar-refractivity contribution in [2.24, 2.45) is 5.10 Å². The van der Waals surface area contributed by atoms with Gasteiger partial charge in [0.15, 0.2) is 6.61 Å². The van der Waals surface area contributed by atoms with Crippen molar-refractivity contribution in [3.05, 3.63) is 70.7 Å². The van der Waals surface area contributed by atoms with E-state index in [1.54, 1.807) is 67.9 Å². The zero-order valence-electron chi connectivity index (χ0n) is 19.9. The molecule has 188 valence electrons. The van der Waals surface area contributed by atoms with Gasteiger partial charge in [0.05, 0.1) is 37.1 Å². The predicted octanol–water partition coefficient (Wildman–Crippen LogP) is 3.89. The van der Waals surface area contributed by atoms with Crippen molar-refractivity contribution >= 4 is 46.2 Å².